The first-order valence-electron chi connectivity index (χ1n) is 6.80. The van der Waals surface area contributed by atoms with Gasteiger partial charge in [-0.1, -0.05) is 30.3 Å². The van der Waals surface area contributed by atoms with E-state index in [-0.39, 0.29) is 6.17 Å². The average Bonchev–Trinajstić information content (AvgIpc) is 2.74. The molecule has 1 aliphatic heterocycles. The second kappa shape index (κ2) is 5.29. The van der Waals surface area contributed by atoms with Crippen LogP contribution in [0, 0.1) is 0 Å². The number of benzene rings is 2. The highest BCUT2D eigenvalue weighted by molar-refractivity contribution is 5.77. The minimum absolute atomic E-state index is 0.239. The van der Waals surface area contributed by atoms with Crippen molar-refractivity contribution in [3.8, 4) is 0 Å². The van der Waals surface area contributed by atoms with E-state index < -0.39 is 0 Å². The second-order valence-electron chi connectivity index (χ2n) is 4.99. The van der Waals surface area contributed by atoms with Gasteiger partial charge in [-0.15, -0.1) is 0 Å². The zero-order chi connectivity index (χ0) is 13.9. The van der Waals surface area contributed by atoms with Crippen molar-refractivity contribution in [2.24, 2.45) is 0 Å². The van der Waals surface area contributed by atoms with E-state index in [1.807, 2.05) is 24.4 Å². The molecule has 0 amide bonds. The third-order valence-corrected chi connectivity index (χ3v) is 3.73. The van der Waals surface area contributed by atoms with Crippen molar-refractivity contribution in [2.75, 3.05) is 29.2 Å². The Balaban J connectivity index is 1.73. The van der Waals surface area contributed by atoms with Crippen LogP contribution in [0.25, 0.3) is 0 Å². The van der Waals surface area contributed by atoms with E-state index >= 15 is 0 Å². The molecule has 2 aromatic rings. The molecule has 0 atom stereocenters. The number of hydrogen-bond donors (Lipinski definition) is 1. The summed E-state index contributed by atoms with van der Waals surface area (Å²) in [5, 5.41) is 3.31. The number of likely N-dealkylation sites (N-methyl/N-ethyl adjacent to an activating group) is 2. The Hall–Kier alpha value is -2.42. The van der Waals surface area contributed by atoms with Gasteiger partial charge in [-0.25, -0.2) is 0 Å². The van der Waals surface area contributed by atoms with Crippen LogP contribution in [0.1, 0.15) is 0 Å². The molecule has 0 radical (unpaired) electrons. The molecular formula is C17H19N3. The maximum absolute atomic E-state index is 3.31. The first-order valence-corrected chi connectivity index (χ1v) is 6.80. The largest absolute Gasteiger partial charge is 0.362 e. The maximum atomic E-state index is 3.31. The summed E-state index contributed by atoms with van der Waals surface area (Å²) in [4.78, 5) is 4.55. The molecule has 1 N–H and O–H groups in total. The fraction of sp³-hybridized carbons (Fsp3) is 0.176. The third-order valence-electron chi connectivity index (χ3n) is 3.73. The zero-order valence-electron chi connectivity index (χ0n) is 11.8. The molecule has 0 aromatic heterocycles. The van der Waals surface area contributed by atoms with Gasteiger partial charge in [0, 0.05) is 26.0 Å². The van der Waals surface area contributed by atoms with Crippen molar-refractivity contribution in [1.29, 1.82) is 0 Å². The van der Waals surface area contributed by atoms with Crippen LogP contribution in [-0.2, 0) is 0 Å². The summed E-state index contributed by atoms with van der Waals surface area (Å²) in [5.74, 6) is 0. The summed E-state index contributed by atoms with van der Waals surface area (Å²) in [7, 11) is 4.25. The van der Waals surface area contributed by atoms with Crippen LogP contribution < -0.4 is 15.1 Å². The van der Waals surface area contributed by atoms with Crippen molar-refractivity contribution in [3.05, 3.63) is 66.9 Å². The SMILES string of the molecule is CN1c2ccccc2N(C)C1C=CNc1ccccc1. The molecule has 0 aliphatic carbocycles. The predicted octanol–water partition coefficient (Wildman–Crippen LogP) is 3.52. The van der Waals surface area contributed by atoms with Crippen molar-refractivity contribution in [2.45, 2.75) is 6.17 Å². The van der Waals surface area contributed by atoms with E-state index in [2.05, 4.69) is 71.7 Å². The van der Waals surface area contributed by atoms with Crippen molar-refractivity contribution < 1.29 is 0 Å². The Morgan fingerprint density at radius 2 is 1.40 bits per heavy atom. The number of para-hydroxylation sites is 3. The number of fused-ring (bicyclic) bond motifs is 1. The van der Waals surface area contributed by atoms with Crippen LogP contribution >= 0.6 is 0 Å². The van der Waals surface area contributed by atoms with E-state index in [0.29, 0.717) is 0 Å². The maximum Gasteiger partial charge on any atom is 0.122 e. The predicted molar refractivity (Wildman–Crippen MR) is 86.2 cm³/mol. The molecule has 0 fully saturated rings. The summed E-state index contributed by atoms with van der Waals surface area (Å²) in [6.45, 7) is 0. The highest BCUT2D eigenvalue weighted by Crippen LogP contribution is 2.37. The molecule has 0 spiro atoms. The number of nitrogens with one attached hydrogen (secondary N) is 1. The molecule has 3 heteroatoms. The lowest BCUT2D eigenvalue weighted by Gasteiger charge is -2.24. The van der Waals surface area contributed by atoms with Gasteiger partial charge in [-0.05, 0) is 30.3 Å². The van der Waals surface area contributed by atoms with Gasteiger partial charge in [-0.3, -0.25) is 0 Å². The fourth-order valence-corrected chi connectivity index (χ4v) is 2.63. The Bertz CT molecular complexity index is 578. The van der Waals surface area contributed by atoms with E-state index in [9.17, 15) is 0 Å². The Labute approximate surface area is 120 Å². The highest BCUT2D eigenvalue weighted by Gasteiger charge is 2.28. The Morgan fingerprint density at radius 1 is 0.850 bits per heavy atom. The lowest BCUT2D eigenvalue weighted by atomic mass is 10.3. The second-order valence-corrected chi connectivity index (χ2v) is 4.99. The first-order chi connectivity index (χ1) is 9.77. The van der Waals surface area contributed by atoms with Gasteiger partial charge in [0.2, 0.25) is 0 Å². The van der Waals surface area contributed by atoms with Gasteiger partial charge in [0.15, 0.2) is 0 Å². The fourth-order valence-electron chi connectivity index (χ4n) is 2.63. The molecule has 0 saturated carbocycles. The molecule has 3 nitrogen and oxygen atoms in total. The summed E-state index contributed by atoms with van der Waals surface area (Å²) < 4.78 is 0. The van der Waals surface area contributed by atoms with Gasteiger partial charge in [0.05, 0.1) is 11.4 Å². The minimum atomic E-state index is 0.239. The molecule has 20 heavy (non-hydrogen) atoms. The molecular weight excluding hydrogens is 246 g/mol. The molecule has 0 unspecified atom stereocenters. The molecule has 2 aromatic carbocycles. The quantitative estimate of drug-likeness (QED) is 0.916. The molecule has 1 aliphatic rings. The smallest absolute Gasteiger partial charge is 0.122 e. The molecule has 0 saturated heterocycles. The van der Waals surface area contributed by atoms with Gasteiger partial charge >= 0.3 is 0 Å². The van der Waals surface area contributed by atoms with Gasteiger partial charge in [-0.2, -0.15) is 0 Å². The lowest BCUT2D eigenvalue weighted by molar-refractivity contribution is 0.773. The standard InChI is InChI=1S/C17H19N3/c1-19-15-10-6-7-11-16(15)20(2)17(19)12-13-18-14-8-4-3-5-9-14/h3-13,17-18H,1-2H3. The van der Waals surface area contributed by atoms with Crippen LogP contribution in [0.5, 0.6) is 0 Å². The summed E-state index contributed by atoms with van der Waals surface area (Å²) in [6.07, 6.45) is 4.43. The summed E-state index contributed by atoms with van der Waals surface area (Å²) in [5.41, 5.74) is 3.64. The van der Waals surface area contributed by atoms with Crippen LogP contribution in [-0.4, -0.2) is 20.3 Å². The van der Waals surface area contributed by atoms with Crippen molar-refractivity contribution in [1.82, 2.24) is 0 Å². The van der Waals surface area contributed by atoms with E-state index in [1.54, 1.807) is 0 Å². The number of hydrogen-bond acceptors (Lipinski definition) is 3. The number of nitrogens with zero attached hydrogens (tertiary/aromatic N) is 2. The molecule has 102 valence electrons. The monoisotopic (exact) mass is 265 g/mol. The van der Waals surface area contributed by atoms with Gasteiger partial charge in [0.25, 0.3) is 0 Å². The molecule has 0 bridgehead atoms. The third kappa shape index (κ3) is 2.23. The van der Waals surface area contributed by atoms with Gasteiger partial charge < -0.3 is 15.1 Å². The summed E-state index contributed by atoms with van der Waals surface area (Å²) in [6, 6.07) is 18.7. The van der Waals surface area contributed by atoms with Crippen LogP contribution in [0.4, 0.5) is 17.1 Å². The van der Waals surface area contributed by atoms with E-state index in [1.165, 1.54) is 11.4 Å². The molecule has 3 rings (SSSR count). The normalized spacial score (nSPS) is 14.9. The average molecular weight is 265 g/mol. The first kappa shape index (κ1) is 12.6. The minimum Gasteiger partial charge on any atom is -0.362 e. The van der Waals surface area contributed by atoms with Crippen molar-refractivity contribution >= 4 is 17.1 Å². The zero-order valence-corrected chi connectivity index (χ0v) is 11.8. The Kier molecular flexibility index (Phi) is 3.33. The lowest BCUT2D eigenvalue weighted by Crippen LogP contribution is -2.37. The van der Waals surface area contributed by atoms with Crippen LogP contribution in [0.15, 0.2) is 66.9 Å². The topological polar surface area (TPSA) is 18.5 Å². The van der Waals surface area contributed by atoms with E-state index in [0.717, 1.165) is 5.69 Å². The van der Waals surface area contributed by atoms with Crippen LogP contribution in [0.3, 0.4) is 0 Å². The van der Waals surface area contributed by atoms with E-state index in [4.69, 9.17) is 0 Å². The molecule has 1 heterocycles. The van der Waals surface area contributed by atoms with Gasteiger partial charge in [0.1, 0.15) is 6.17 Å². The number of anilines is 3. The summed E-state index contributed by atoms with van der Waals surface area (Å²) >= 11 is 0. The highest BCUT2D eigenvalue weighted by atomic mass is 15.4. The van der Waals surface area contributed by atoms with Crippen LogP contribution in [0.2, 0.25) is 0 Å². The number of rotatable bonds is 3. The van der Waals surface area contributed by atoms with Crippen molar-refractivity contribution in [3.63, 3.8) is 0 Å². The Morgan fingerprint density at radius 3 is 2.00 bits per heavy atom.